The summed E-state index contributed by atoms with van der Waals surface area (Å²) in [6, 6.07) is 10.5. The molecule has 0 radical (unpaired) electrons. The van der Waals surface area contributed by atoms with E-state index in [9.17, 15) is 55.5 Å². The number of hydrogen-bond donors (Lipinski definition) is 9. The van der Waals surface area contributed by atoms with E-state index in [1.54, 1.807) is 30.3 Å². The van der Waals surface area contributed by atoms with Gasteiger partial charge in [0.1, 0.15) is 77.1 Å². The second-order valence-corrected chi connectivity index (χ2v) is 9.95. The number of aromatic hydroxyl groups is 1. The molecule has 10 atom stereocenters. The lowest BCUT2D eigenvalue weighted by atomic mass is 9.89. The van der Waals surface area contributed by atoms with E-state index in [0.717, 1.165) is 12.1 Å². The lowest BCUT2D eigenvalue weighted by molar-refractivity contribution is -0.272. The third-order valence-corrected chi connectivity index (χ3v) is 7.29. The second-order valence-electron chi connectivity index (χ2n) is 9.95. The van der Waals surface area contributed by atoms with E-state index in [1.807, 2.05) is 0 Å². The normalized spacial score (nSPS) is 33.4. The number of phenols is 1. The van der Waals surface area contributed by atoms with Gasteiger partial charge < -0.3 is 64.6 Å². The van der Waals surface area contributed by atoms with Crippen LogP contribution < -0.4 is 10.2 Å². The second kappa shape index (κ2) is 11.6. The standard InChI is InChI=1S/C27H28O15/c28-8-14-17(30)19(32)21(34)24(40-14)16-13(41-27-23(36)20(33)22(35)25(42-27)26(37)38)7-12-15(18(16)31)10(29)6-11(39-12)9-4-2-1-3-5-9/h1-7,14,17,19-25,27-28,30-36H,8H2,(H,37,38)/t14-,17-,19+,20+,21-,22+,23-,24+,25+,27-/m1/s1. The first-order valence-corrected chi connectivity index (χ1v) is 12.7. The summed E-state index contributed by atoms with van der Waals surface area (Å²) in [6.45, 7) is -0.830. The number of carboxylic acid groups (broad SMARTS) is 1. The SMILES string of the molecule is O=C(O)[C@H]1O[C@@H](Oc2cc3oc(-c4ccccc4)cc(=O)c3c(O)c2[C@@H]2O[C@H](CO)[C@@H](O)[C@H](O)[C@H]2O)[C@H](O)[C@@H](O)[C@@H]1O. The summed E-state index contributed by atoms with van der Waals surface area (Å²) in [5.41, 5.74) is -1.06. The van der Waals surface area contributed by atoms with Crippen molar-refractivity contribution in [1.82, 2.24) is 0 Å². The Morgan fingerprint density at radius 3 is 2.17 bits per heavy atom. The first-order valence-electron chi connectivity index (χ1n) is 12.7. The van der Waals surface area contributed by atoms with Crippen LogP contribution >= 0.6 is 0 Å². The van der Waals surface area contributed by atoms with Crippen LogP contribution in [0.5, 0.6) is 11.5 Å². The number of ether oxygens (including phenoxy) is 3. The van der Waals surface area contributed by atoms with Gasteiger partial charge in [-0.3, -0.25) is 4.79 Å². The molecule has 2 saturated heterocycles. The number of fused-ring (bicyclic) bond motifs is 1. The van der Waals surface area contributed by atoms with Crippen molar-refractivity contribution in [2.75, 3.05) is 6.61 Å². The number of carbonyl (C=O) groups is 1. The first-order chi connectivity index (χ1) is 19.9. The predicted molar refractivity (Wildman–Crippen MR) is 137 cm³/mol. The van der Waals surface area contributed by atoms with E-state index in [4.69, 9.17) is 18.6 Å². The molecule has 2 aromatic carbocycles. The van der Waals surface area contributed by atoms with Crippen LogP contribution in [0.4, 0.5) is 0 Å². The highest BCUT2D eigenvalue weighted by Gasteiger charge is 2.50. The zero-order valence-corrected chi connectivity index (χ0v) is 21.5. The fourth-order valence-corrected chi connectivity index (χ4v) is 5.03. The van der Waals surface area contributed by atoms with E-state index in [0.29, 0.717) is 5.56 Å². The van der Waals surface area contributed by atoms with Gasteiger partial charge in [0.05, 0.1) is 12.2 Å². The summed E-state index contributed by atoms with van der Waals surface area (Å²) < 4.78 is 22.3. The molecule has 1 aromatic heterocycles. The Kier molecular flexibility index (Phi) is 8.21. The van der Waals surface area contributed by atoms with E-state index in [2.05, 4.69) is 0 Å². The number of aliphatic hydroxyl groups is 7. The number of aliphatic carboxylic acids is 1. The molecule has 0 spiro atoms. The molecule has 0 amide bonds. The molecule has 2 fully saturated rings. The van der Waals surface area contributed by atoms with Gasteiger partial charge in [-0.15, -0.1) is 0 Å². The van der Waals surface area contributed by atoms with Crippen LogP contribution in [0.2, 0.25) is 0 Å². The van der Waals surface area contributed by atoms with Gasteiger partial charge in [-0.25, -0.2) is 4.79 Å². The van der Waals surface area contributed by atoms with Crippen molar-refractivity contribution in [3.63, 3.8) is 0 Å². The van der Waals surface area contributed by atoms with Crippen molar-refractivity contribution >= 4 is 16.9 Å². The smallest absolute Gasteiger partial charge is 0.335 e. The van der Waals surface area contributed by atoms with Crippen molar-refractivity contribution in [3.8, 4) is 22.8 Å². The number of aliphatic hydroxyl groups excluding tert-OH is 7. The van der Waals surface area contributed by atoms with Gasteiger partial charge in [0.15, 0.2) is 11.5 Å². The monoisotopic (exact) mass is 592 g/mol. The zero-order valence-electron chi connectivity index (χ0n) is 21.5. The van der Waals surface area contributed by atoms with Gasteiger partial charge in [0, 0.05) is 17.7 Å². The Bertz CT molecular complexity index is 1500. The molecule has 15 heteroatoms. The zero-order chi connectivity index (χ0) is 30.5. The number of hydrogen-bond acceptors (Lipinski definition) is 14. The molecule has 9 N–H and O–H groups in total. The minimum atomic E-state index is -2.06. The number of phenolic OH excluding ortho intramolecular Hbond substituents is 1. The fraction of sp³-hybridized carbons (Fsp3) is 0.407. The summed E-state index contributed by atoms with van der Waals surface area (Å²) >= 11 is 0. The van der Waals surface area contributed by atoms with Crippen LogP contribution in [0, 0.1) is 0 Å². The molecule has 0 unspecified atom stereocenters. The van der Waals surface area contributed by atoms with Gasteiger partial charge in [0.25, 0.3) is 0 Å². The van der Waals surface area contributed by atoms with Crippen LogP contribution in [0.3, 0.4) is 0 Å². The molecule has 0 bridgehead atoms. The highest BCUT2D eigenvalue weighted by atomic mass is 16.7. The number of rotatable bonds is 6. The molecule has 0 saturated carbocycles. The third-order valence-electron chi connectivity index (χ3n) is 7.29. The largest absolute Gasteiger partial charge is 0.506 e. The Morgan fingerprint density at radius 1 is 0.857 bits per heavy atom. The van der Waals surface area contributed by atoms with Crippen LogP contribution in [0.15, 0.2) is 51.7 Å². The van der Waals surface area contributed by atoms with Crippen molar-refractivity contribution in [2.24, 2.45) is 0 Å². The molecular formula is C27H28O15. The van der Waals surface area contributed by atoms with E-state index in [1.165, 1.54) is 0 Å². The predicted octanol–water partition coefficient (Wildman–Crippen LogP) is -2.05. The summed E-state index contributed by atoms with van der Waals surface area (Å²) in [5.74, 6) is -3.02. The maximum absolute atomic E-state index is 13.2. The van der Waals surface area contributed by atoms with E-state index >= 15 is 0 Å². The molecule has 3 aromatic rings. The average Bonchev–Trinajstić information content (AvgIpc) is 2.97. The molecule has 0 aliphatic carbocycles. The van der Waals surface area contributed by atoms with Crippen LogP contribution in [-0.4, -0.2) is 114 Å². The Morgan fingerprint density at radius 2 is 1.52 bits per heavy atom. The highest BCUT2D eigenvalue weighted by Crippen LogP contribution is 2.46. The molecule has 5 rings (SSSR count). The van der Waals surface area contributed by atoms with Crippen LogP contribution in [-0.2, 0) is 14.3 Å². The van der Waals surface area contributed by atoms with Crippen molar-refractivity contribution in [2.45, 2.75) is 61.2 Å². The maximum atomic E-state index is 13.2. The minimum absolute atomic E-state index is 0.0810. The molecule has 15 nitrogen and oxygen atoms in total. The summed E-state index contributed by atoms with van der Waals surface area (Å²) in [4.78, 5) is 24.8. The Balaban J connectivity index is 1.69. The number of carboxylic acids is 1. The minimum Gasteiger partial charge on any atom is -0.506 e. The highest BCUT2D eigenvalue weighted by molar-refractivity contribution is 5.88. The van der Waals surface area contributed by atoms with Gasteiger partial charge in [0.2, 0.25) is 6.29 Å². The maximum Gasteiger partial charge on any atom is 0.335 e. The lowest BCUT2D eigenvalue weighted by Crippen LogP contribution is -2.61. The third kappa shape index (κ3) is 5.11. The fourth-order valence-electron chi connectivity index (χ4n) is 5.03. The van der Waals surface area contributed by atoms with Crippen LogP contribution in [0.25, 0.3) is 22.3 Å². The average molecular weight is 593 g/mol. The van der Waals surface area contributed by atoms with Crippen molar-refractivity contribution in [1.29, 1.82) is 0 Å². The van der Waals surface area contributed by atoms with Gasteiger partial charge in [-0.1, -0.05) is 30.3 Å². The van der Waals surface area contributed by atoms with Gasteiger partial charge in [-0.05, 0) is 0 Å². The summed E-state index contributed by atoms with van der Waals surface area (Å²) in [5, 5.41) is 92.2. The molecule has 2 aliphatic rings. The number of benzene rings is 2. The topological polar surface area (TPSA) is 257 Å². The Labute approximate surface area is 235 Å². The van der Waals surface area contributed by atoms with Crippen LogP contribution in [0.1, 0.15) is 11.7 Å². The summed E-state index contributed by atoms with van der Waals surface area (Å²) in [7, 11) is 0. The van der Waals surface area contributed by atoms with E-state index in [-0.39, 0.29) is 11.3 Å². The lowest BCUT2D eigenvalue weighted by Gasteiger charge is -2.41. The molecule has 226 valence electrons. The van der Waals surface area contributed by atoms with E-state index < -0.39 is 102 Å². The first kappa shape index (κ1) is 29.8. The quantitative estimate of drug-likeness (QED) is 0.149. The molecule has 2 aliphatic heterocycles. The molecule has 42 heavy (non-hydrogen) atoms. The summed E-state index contributed by atoms with van der Waals surface area (Å²) in [6.07, 6.45) is -19.1. The van der Waals surface area contributed by atoms with Crippen molar-refractivity contribution < 1.29 is 69.4 Å². The van der Waals surface area contributed by atoms with Gasteiger partial charge >= 0.3 is 5.97 Å². The molecule has 3 heterocycles. The molecular weight excluding hydrogens is 564 g/mol. The Hall–Kier alpha value is -3.64. The van der Waals surface area contributed by atoms with Crippen molar-refractivity contribution in [3.05, 3.63) is 58.3 Å². The van der Waals surface area contributed by atoms with Gasteiger partial charge in [-0.2, -0.15) is 0 Å².